The van der Waals surface area contributed by atoms with Crippen LogP contribution in [0.25, 0.3) is 0 Å². The molecule has 1 atom stereocenters. The second kappa shape index (κ2) is 7.87. The molecule has 1 fully saturated rings. The molecule has 7 nitrogen and oxygen atoms in total. The highest BCUT2D eigenvalue weighted by atomic mass is 19.4. The molecule has 4 rings (SSSR count). The van der Waals surface area contributed by atoms with Gasteiger partial charge < -0.3 is 20.4 Å². The van der Waals surface area contributed by atoms with Crippen LogP contribution in [0, 0.1) is 6.92 Å². The smallest absolute Gasteiger partial charge is 0.341 e. The lowest BCUT2D eigenvalue weighted by atomic mass is 9.81. The van der Waals surface area contributed by atoms with Crippen molar-refractivity contribution in [1.82, 2.24) is 20.2 Å². The summed E-state index contributed by atoms with van der Waals surface area (Å²) in [6.45, 7) is 6.71. The van der Waals surface area contributed by atoms with Crippen molar-refractivity contribution in [3.63, 3.8) is 0 Å². The van der Waals surface area contributed by atoms with Crippen molar-refractivity contribution < 1.29 is 18.0 Å². The Kier molecular flexibility index (Phi) is 5.34. The van der Waals surface area contributed by atoms with E-state index in [-0.39, 0.29) is 6.03 Å². The van der Waals surface area contributed by atoms with Crippen molar-refractivity contribution in [2.45, 2.75) is 24.9 Å². The van der Waals surface area contributed by atoms with Crippen molar-refractivity contribution in [1.29, 1.82) is 0 Å². The Morgan fingerprint density at radius 2 is 2.03 bits per heavy atom. The Labute approximate surface area is 183 Å². The number of urea groups is 1. The van der Waals surface area contributed by atoms with Crippen molar-refractivity contribution in [3.8, 4) is 0 Å². The van der Waals surface area contributed by atoms with Crippen LogP contribution in [0.5, 0.6) is 0 Å². The zero-order chi connectivity index (χ0) is 23.1. The summed E-state index contributed by atoms with van der Waals surface area (Å²) in [4.78, 5) is 24.2. The Morgan fingerprint density at radius 1 is 1.25 bits per heavy atom. The van der Waals surface area contributed by atoms with Gasteiger partial charge in [0, 0.05) is 37.8 Å². The Morgan fingerprint density at radius 3 is 2.66 bits per heavy atom. The van der Waals surface area contributed by atoms with Gasteiger partial charge >= 0.3 is 12.2 Å². The lowest BCUT2D eigenvalue weighted by Crippen LogP contribution is -2.41. The predicted molar refractivity (Wildman–Crippen MR) is 114 cm³/mol. The highest BCUT2D eigenvalue weighted by molar-refractivity contribution is 5.76. The van der Waals surface area contributed by atoms with Crippen molar-refractivity contribution in [2.75, 3.05) is 36.9 Å². The average Bonchev–Trinajstić information content (AvgIpc) is 3.34. The largest absolute Gasteiger partial charge is 0.416 e. The van der Waals surface area contributed by atoms with Crippen LogP contribution in [-0.4, -0.2) is 47.6 Å². The first kappa shape index (κ1) is 21.7. The van der Waals surface area contributed by atoms with E-state index in [1.807, 2.05) is 11.8 Å². The lowest BCUT2D eigenvalue weighted by Gasteiger charge is -2.27. The molecule has 3 heterocycles. The van der Waals surface area contributed by atoms with E-state index < -0.39 is 17.2 Å². The van der Waals surface area contributed by atoms with Crippen LogP contribution in [-0.2, 0) is 11.6 Å². The third-order valence-electron chi connectivity index (χ3n) is 5.97. The number of anilines is 2. The molecule has 0 unspecified atom stereocenters. The van der Waals surface area contributed by atoms with E-state index in [4.69, 9.17) is 0 Å². The lowest BCUT2D eigenvalue weighted by molar-refractivity contribution is -0.137. The molecule has 168 valence electrons. The SMILES string of the molecule is C=C=C(Nc1cnc(C)cn1)N1C[C@]2(CCN(C(=O)NC)C2)c2cc(C(F)(F)F)ccc21. The minimum absolute atomic E-state index is 0.249. The summed E-state index contributed by atoms with van der Waals surface area (Å²) in [5, 5.41) is 5.71. The number of aromatic nitrogens is 2. The molecular formula is C22H23F3N6O. The number of halogens is 3. The van der Waals surface area contributed by atoms with E-state index in [9.17, 15) is 18.0 Å². The molecule has 2 aromatic rings. The van der Waals surface area contributed by atoms with E-state index in [1.54, 1.807) is 17.3 Å². The molecular weight excluding hydrogens is 421 g/mol. The molecule has 2 aliphatic heterocycles. The number of fused-ring (bicyclic) bond motifs is 2. The molecule has 2 N–H and O–H groups in total. The van der Waals surface area contributed by atoms with Crippen LogP contribution in [0.1, 0.15) is 23.2 Å². The minimum atomic E-state index is -4.46. The van der Waals surface area contributed by atoms with Crippen LogP contribution >= 0.6 is 0 Å². The number of carbonyl (C=O) groups excluding carboxylic acids is 1. The molecule has 0 bridgehead atoms. The van der Waals surface area contributed by atoms with Crippen LogP contribution in [0.2, 0.25) is 0 Å². The molecule has 2 amide bonds. The number of nitrogens with one attached hydrogen (secondary N) is 2. The van der Waals surface area contributed by atoms with Gasteiger partial charge in [0.1, 0.15) is 5.82 Å². The third-order valence-corrected chi connectivity index (χ3v) is 5.97. The summed E-state index contributed by atoms with van der Waals surface area (Å²) < 4.78 is 40.5. The molecule has 1 aromatic carbocycles. The zero-order valence-corrected chi connectivity index (χ0v) is 17.8. The second-order valence-electron chi connectivity index (χ2n) is 8.02. The fourth-order valence-corrected chi connectivity index (χ4v) is 4.38. The topological polar surface area (TPSA) is 73.4 Å². The van der Waals surface area contributed by atoms with Gasteiger partial charge in [-0.2, -0.15) is 13.2 Å². The van der Waals surface area contributed by atoms with Gasteiger partial charge in [0.05, 0.1) is 23.7 Å². The molecule has 10 heteroatoms. The van der Waals surface area contributed by atoms with E-state index >= 15 is 0 Å². The number of rotatable bonds is 3. The van der Waals surface area contributed by atoms with Crippen LogP contribution in [0.3, 0.4) is 0 Å². The summed E-state index contributed by atoms with van der Waals surface area (Å²) >= 11 is 0. The fourth-order valence-electron chi connectivity index (χ4n) is 4.38. The zero-order valence-electron chi connectivity index (χ0n) is 17.8. The first-order valence-electron chi connectivity index (χ1n) is 10.1. The fraction of sp³-hybridized carbons (Fsp3) is 0.364. The minimum Gasteiger partial charge on any atom is -0.341 e. The Balaban J connectivity index is 1.74. The number of hydrogen-bond donors (Lipinski definition) is 2. The summed E-state index contributed by atoms with van der Waals surface area (Å²) in [6, 6.07) is 3.49. The number of nitrogens with zero attached hydrogens (tertiary/aromatic N) is 4. The maximum atomic E-state index is 13.5. The molecule has 0 aliphatic carbocycles. The maximum Gasteiger partial charge on any atom is 0.416 e. The first-order chi connectivity index (χ1) is 15.2. The number of likely N-dealkylation sites (tertiary alicyclic amines) is 1. The second-order valence-corrected chi connectivity index (χ2v) is 8.02. The van der Waals surface area contributed by atoms with E-state index in [1.165, 1.54) is 19.2 Å². The number of carbonyl (C=O) groups is 1. The quantitative estimate of drug-likeness (QED) is 0.708. The van der Waals surface area contributed by atoms with Crippen molar-refractivity contribution in [3.05, 3.63) is 65.5 Å². The van der Waals surface area contributed by atoms with Crippen LogP contribution in [0.4, 0.5) is 29.5 Å². The van der Waals surface area contributed by atoms with Gasteiger partial charge in [0.2, 0.25) is 0 Å². The average molecular weight is 444 g/mol. The summed E-state index contributed by atoms with van der Waals surface area (Å²) in [5.74, 6) is 0.925. The van der Waals surface area contributed by atoms with Crippen molar-refractivity contribution >= 4 is 17.5 Å². The number of benzene rings is 1. The number of alkyl halides is 3. The van der Waals surface area contributed by atoms with Gasteiger partial charge in [0.25, 0.3) is 0 Å². The maximum absolute atomic E-state index is 13.5. The predicted octanol–water partition coefficient (Wildman–Crippen LogP) is 3.65. The summed E-state index contributed by atoms with van der Waals surface area (Å²) in [7, 11) is 1.54. The van der Waals surface area contributed by atoms with E-state index in [2.05, 4.69) is 32.9 Å². The molecule has 1 aromatic heterocycles. The Hall–Kier alpha value is -3.52. The summed E-state index contributed by atoms with van der Waals surface area (Å²) in [6.07, 6.45) is -0.749. The molecule has 2 aliphatic rings. The van der Waals surface area contributed by atoms with Gasteiger partial charge in [-0.05, 0) is 37.1 Å². The van der Waals surface area contributed by atoms with Gasteiger partial charge in [-0.15, -0.1) is 0 Å². The van der Waals surface area contributed by atoms with E-state index in [0.717, 1.165) is 11.8 Å². The third kappa shape index (κ3) is 3.78. The van der Waals surface area contributed by atoms with Gasteiger partial charge in [-0.3, -0.25) is 4.98 Å². The Bertz CT molecular complexity index is 1090. The normalized spacial score (nSPS) is 19.7. The first-order valence-corrected chi connectivity index (χ1v) is 10.1. The molecule has 32 heavy (non-hydrogen) atoms. The monoisotopic (exact) mass is 444 g/mol. The van der Waals surface area contributed by atoms with E-state index in [0.29, 0.717) is 48.9 Å². The van der Waals surface area contributed by atoms with Gasteiger partial charge in [-0.1, -0.05) is 12.3 Å². The van der Waals surface area contributed by atoms with Gasteiger partial charge in [0.15, 0.2) is 5.82 Å². The van der Waals surface area contributed by atoms with Crippen LogP contribution < -0.4 is 15.5 Å². The summed E-state index contributed by atoms with van der Waals surface area (Å²) in [5.41, 5.74) is 3.42. The van der Waals surface area contributed by atoms with Crippen LogP contribution in [0.15, 0.2) is 48.7 Å². The number of amides is 2. The highest BCUT2D eigenvalue weighted by Crippen LogP contribution is 2.49. The molecule has 0 saturated carbocycles. The molecule has 0 radical (unpaired) electrons. The molecule has 1 spiro atoms. The number of hydrogen-bond acceptors (Lipinski definition) is 5. The highest BCUT2D eigenvalue weighted by Gasteiger charge is 2.50. The van der Waals surface area contributed by atoms with Gasteiger partial charge in [-0.25, -0.2) is 9.78 Å². The number of aryl methyl sites for hydroxylation is 1. The van der Waals surface area contributed by atoms with Crippen molar-refractivity contribution in [2.24, 2.45) is 0 Å². The molecule has 1 saturated heterocycles. The standard InChI is InChI=1S/C22H23F3N6O/c1-4-19(29-18-11-27-14(2)10-28-18)31-13-21(7-8-30(12-21)20(32)26-3)16-9-15(22(23,24)25)5-6-17(16)31/h5-6,9-11H,1,7-8,12-13H2,2-3H3,(H,26,32)(H,28,29)/t21-/m1/s1.